The van der Waals surface area contributed by atoms with Crippen molar-refractivity contribution in [3.8, 4) is 0 Å². The van der Waals surface area contributed by atoms with Crippen LogP contribution in [0.5, 0.6) is 0 Å². The molecule has 0 saturated carbocycles. The number of nitrogens with two attached hydrogens (primary N) is 1. The van der Waals surface area contributed by atoms with E-state index in [0.29, 0.717) is 5.69 Å². The van der Waals surface area contributed by atoms with Crippen molar-refractivity contribution in [3.63, 3.8) is 0 Å². The van der Waals surface area contributed by atoms with Gasteiger partial charge in [-0.1, -0.05) is 29.8 Å². The van der Waals surface area contributed by atoms with Crippen molar-refractivity contribution in [1.29, 1.82) is 0 Å². The Labute approximate surface area is 119 Å². The number of nitrogens with one attached hydrogen (secondary N) is 1. The summed E-state index contributed by atoms with van der Waals surface area (Å²) in [6.07, 6.45) is 3.25. The molecule has 0 aliphatic carbocycles. The van der Waals surface area contributed by atoms with Crippen molar-refractivity contribution in [3.05, 3.63) is 65.2 Å². The predicted octanol–water partition coefficient (Wildman–Crippen LogP) is 3.54. The fourth-order valence-corrected chi connectivity index (χ4v) is 1.96. The number of anilines is 2. The lowest BCUT2D eigenvalue weighted by atomic mass is 10.1. The van der Waals surface area contributed by atoms with Crippen molar-refractivity contribution < 1.29 is 4.79 Å². The summed E-state index contributed by atoms with van der Waals surface area (Å²) in [5, 5.41) is 2.87. The van der Waals surface area contributed by atoms with Gasteiger partial charge in [-0.25, -0.2) is 0 Å². The van der Waals surface area contributed by atoms with E-state index in [-0.39, 0.29) is 5.91 Å². The van der Waals surface area contributed by atoms with Crippen LogP contribution in [0.1, 0.15) is 16.7 Å². The molecule has 0 heterocycles. The molecule has 0 aromatic heterocycles. The van der Waals surface area contributed by atoms with E-state index in [4.69, 9.17) is 5.73 Å². The van der Waals surface area contributed by atoms with E-state index in [2.05, 4.69) is 5.32 Å². The van der Waals surface area contributed by atoms with Crippen molar-refractivity contribution >= 4 is 23.4 Å². The molecule has 0 unspecified atom stereocenters. The number of nitrogen functional groups attached to an aromatic ring is 1. The van der Waals surface area contributed by atoms with Crippen molar-refractivity contribution in [2.24, 2.45) is 0 Å². The molecule has 0 aliphatic heterocycles. The Kier molecular flexibility index (Phi) is 4.20. The zero-order valence-corrected chi connectivity index (χ0v) is 11.7. The summed E-state index contributed by atoms with van der Waals surface area (Å²) in [5.74, 6) is -0.153. The average Bonchev–Trinajstić information content (AvgIpc) is 2.40. The first-order valence-corrected chi connectivity index (χ1v) is 6.46. The number of amides is 1. The van der Waals surface area contributed by atoms with Crippen LogP contribution in [0.15, 0.2) is 48.5 Å². The highest BCUT2D eigenvalue weighted by Gasteiger charge is 2.01. The molecule has 102 valence electrons. The van der Waals surface area contributed by atoms with Gasteiger partial charge in [-0.3, -0.25) is 4.79 Å². The van der Waals surface area contributed by atoms with Crippen LogP contribution in [0.2, 0.25) is 0 Å². The molecular formula is C17H18N2O. The van der Waals surface area contributed by atoms with Crippen LogP contribution in [0, 0.1) is 13.8 Å². The van der Waals surface area contributed by atoms with Gasteiger partial charge < -0.3 is 11.1 Å². The molecule has 0 fully saturated rings. The van der Waals surface area contributed by atoms with E-state index < -0.39 is 0 Å². The van der Waals surface area contributed by atoms with Gasteiger partial charge in [0.2, 0.25) is 5.91 Å². The normalized spacial score (nSPS) is 10.7. The summed E-state index contributed by atoms with van der Waals surface area (Å²) in [7, 11) is 0. The second-order valence-corrected chi connectivity index (χ2v) is 4.81. The van der Waals surface area contributed by atoms with E-state index >= 15 is 0 Å². The Balaban J connectivity index is 2.05. The van der Waals surface area contributed by atoms with Crippen molar-refractivity contribution in [1.82, 2.24) is 0 Å². The van der Waals surface area contributed by atoms with Gasteiger partial charge in [0.15, 0.2) is 0 Å². The van der Waals surface area contributed by atoms with Crippen LogP contribution < -0.4 is 11.1 Å². The minimum atomic E-state index is -0.153. The van der Waals surface area contributed by atoms with Crippen LogP contribution in [0.25, 0.3) is 6.08 Å². The fourth-order valence-electron chi connectivity index (χ4n) is 1.96. The first-order valence-electron chi connectivity index (χ1n) is 6.46. The van der Waals surface area contributed by atoms with Crippen LogP contribution in [-0.4, -0.2) is 5.91 Å². The second kappa shape index (κ2) is 6.06. The topological polar surface area (TPSA) is 55.1 Å². The molecule has 0 spiro atoms. The first kappa shape index (κ1) is 13.9. The SMILES string of the molecule is Cc1ccc(NC(=O)/C=C/c2cccc(N)c2)c(C)c1. The van der Waals surface area contributed by atoms with E-state index in [0.717, 1.165) is 16.8 Å². The van der Waals surface area contributed by atoms with E-state index in [1.807, 2.05) is 56.3 Å². The van der Waals surface area contributed by atoms with Crippen molar-refractivity contribution in [2.45, 2.75) is 13.8 Å². The number of carbonyl (C=O) groups is 1. The first-order chi connectivity index (χ1) is 9.54. The maximum Gasteiger partial charge on any atom is 0.248 e. The third-order valence-electron chi connectivity index (χ3n) is 2.98. The lowest BCUT2D eigenvalue weighted by molar-refractivity contribution is -0.111. The largest absolute Gasteiger partial charge is 0.399 e. The summed E-state index contributed by atoms with van der Waals surface area (Å²) in [6.45, 7) is 4.00. The molecular weight excluding hydrogens is 248 g/mol. The zero-order valence-electron chi connectivity index (χ0n) is 11.7. The number of aryl methyl sites for hydroxylation is 2. The molecule has 3 nitrogen and oxygen atoms in total. The van der Waals surface area contributed by atoms with Crippen molar-refractivity contribution in [2.75, 3.05) is 11.1 Å². The summed E-state index contributed by atoms with van der Waals surface area (Å²) < 4.78 is 0. The third-order valence-corrected chi connectivity index (χ3v) is 2.98. The Morgan fingerprint density at radius 2 is 1.95 bits per heavy atom. The Morgan fingerprint density at radius 1 is 1.15 bits per heavy atom. The highest BCUT2D eigenvalue weighted by Crippen LogP contribution is 2.16. The lowest BCUT2D eigenvalue weighted by Crippen LogP contribution is -2.08. The monoisotopic (exact) mass is 266 g/mol. The Hall–Kier alpha value is -2.55. The maximum absolute atomic E-state index is 11.9. The van der Waals surface area contributed by atoms with Crippen LogP contribution in [0.4, 0.5) is 11.4 Å². The minimum Gasteiger partial charge on any atom is -0.399 e. The summed E-state index contributed by atoms with van der Waals surface area (Å²) in [6, 6.07) is 13.3. The number of benzene rings is 2. The Morgan fingerprint density at radius 3 is 2.65 bits per heavy atom. The summed E-state index contributed by atoms with van der Waals surface area (Å²) in [5.41, 5.74) is 10.3. The molecule has 1 amide bonds. The molecule has 3 N–H and O–H groups in total. The van der Waals surface area contributed by atoms with Gasteiger partial charge in [-0.15, -0.1) is 0 Å². The van der Waals surface area contributed by atoms with Gasteiger partial charge in [0.05, 0.1) is 0 Å². The molecule has 0 bridgehead atoms. The fraction of sp³-hybridized carbons (Fsp3) is 0.118. The van der Waals surface area contributed by atoms with Gasteiger partial charge >= 0.3 is 0 Å². The maximum atomic E-state index is 11.9. The highest BCUT2D eigenvalue weighted by molar-refractivity contribution is 6.02. The smallest absolute Gasteiger partial charge is 0.248 e. The third kappa shape index (κ3) is 3.72. The van der Waals surface area contributed by atoms with Gasteiger partial charge in [-0.05, 0) is 49.2 Å². The molecule has 3 heteroatoms. The van der Waals surface area contributed by atoms with E-state index in [1.54, 1.807) is 6.08 Å². The number of carbonyl (C=O) groups excluding carboxylic acids is 1. The standard InChI is InChI=1S/C17H18N2O/c1-12-6-8-16(13(2)10-12)19-17(20)9-7-14-4-3-5-15(18)11-14/h3-11H,18H2,1-2H3,(H,19,20)/b9-7+. The predicted molar refractivity (Wildman–Crippen MR) is 84.4 cm³/mol. The second-order valence-electron chi connectivity index (χ2n) is 4.81. The molecule has 20 heavy (non-hydrogen) atoms. The molecule has 0 radical (unpaired) electrons. The van der Waals surface area contributed by atoms with Gasteiger partial charge in [-0.2, -0.15) is 0 Å². The number of hydrogen-bond acceptors (Lipinski definition) is 2. The zero-order chi connectivity index (χ0) is 14.5. The molecule has 0 saturated heterocycles. The Bertz CT molecular complexity index is 660. The summed E-state index contributed by atoms with van der Waals surface area (Å²) in [4.78, 5) is 11.9. The number of rotatable bonds is 3. The van der Waals surface area contributed by atoms with Crippen LogP contribution in [0.3, 0.4) is 0 Å². The van der Waals surface area contributed by atoms with E-state index in [9.17, 15) is 4.79 Å². The quantitative estimate of drug-likeness (QED) is 0.659. The van der Waals surface area contributed by atoms with Crippen LogP contribution >= 0.6 is 0 Å². The lowest BCUT2D eigenvalue weighted by Gasteiger charge is -2.07. The highest BCUT2D eigenvalue weighted by atomic mass is 16.1. The molecule has 0 atom stereocenters. The molecule has 2 rings (SSSR count). The van der Waals surface area contributed by atoms with Gasteiger partial charge in [0.25, 0.3) is 0 Å². The van der Waals surface area contributed by atoms with Gasteiger partial charge in [0, 0.05) is 17.5 Å². The van der Waals surface area contributed by atoms with Gasteiger partial charge in [0.1, 0.15) is 0 Å². The number of hydrogen-bond donors (Lipinski definition) is 2. The van der Waals surface area contributed by atoms with Crippen LogP contribution in [-0.2, 0) is 4.79 Å². The van der Waals surface area contributed by atoms with E-state index in [1.165, 1.54) is 11.6 Å². The molecule has 0 aliphatic rings. The summed E-state index contributed by atoms with van der Waals surface area (Å²) >= 11 is 0. The average molecular weight is 266 g/mol. The minimum absolute atomic E-state index is 0.153. The molecule has 2 aromatic carbocycles. The molecule has 2 aromatic rings.